The number of amides is 1. The smallest absolute Gasteiger partial charge is 0.303 e. The highest BCUT2D eigenvalue weighted by atomic mass is 16.5. The Balaban J connectivity index is 2.58. The molecule has 0 saturated heterocycles. The second kappa shape index (κ2) is 5.89. The molecule has 0 spiro atoms. The van der Waals surface area contributed by atoms with Crippen LogP contribution >= 0.6 is 0 Å². The third kappa shape index (κ3) is 4.14. The number of carbonyl (C=O) groups is 2. The molecule has 5 heteroatoms. The molecule has 0 aromatic heterocycles. The van der Waals surface area contributed by atoms with Crippen LogP contribution in [0.3, 0.4) is 0 Å². The van der Waals surface area contributed by atoms with Crippen molar-refractivity contribution in [2.45, 2.75) is 20.0 Å². The van der Waals surface area contributed by atoms with Crippen molar-refractivity contribution >= 4 is 17.6 Å². The summed E-state index contributed by atoms with van der Waals surface area (Å²) in [5.74, 6) is -0.149. The van der Waals surface area contributed by atoms with E-state index in [0.29, 0.717) is 11.4 Å². The standard InChI is InChI=1S/C12H15NO4/c1-8(17-9(2)14)12(15)13-10-4-6-11(16-3)7-5-10/h4-8H,1-3H3,(H,13,15). The number of ether oxygens (including phenoxy) is 2. The summed E-state index contributed by atoms with van der Waals surface area (Å²) in [6, 6.07) is 6.87. The van der Waals surface area contributed by atoms with Gasteiger partial charge in [-0.15, -0.1) is 0 Å². The van der Waals surface area contributed by atoms with Gasteiger partial charge in [0.25, 0.3) is 5.91 Å². The molecule has 5 nitrogen and oxygen atoms in total. The van der Waals surface area contributed by atoms with E-state index in [-0.39, 0.29) is 5.91 Å². The Morgan fingerprint density at radius 1 is 1.24 bits per heavy atom. The van der Waals surface area contributed by atoms with Gasteiger partial charge in [0, 0.05) is 12.6 Å². The van der Waals surface area contributed by atoms with Crippen molar-refractivity contribution in [3.63, 3.8) is 0 Å². The molecule has 1 rings (SSSR count). The topological polar surface area (TPSA) is 64.6 Å². The van der Waals surface area contributed by atoms with Gasteiger partial charge in [-0.3, -0.25) is 9.59 Å². The van der Waals surface area contributed by atoms with Gasteiger partial charge in [-0.05, 0) is 31.2 Å². The van der Waals surface area contributed by atoms with Crippen molar-refractivity contribution in [3.05, 3.63) is 24.3 Å². The van der Waals surface area contributed by atoms with Gasteiger partial charge in [-0.25, -0.2) is 0 Å². The molecule has 1 amide bonds. The number of rotatable bonds is 4. The second-order valence-electron chi connectivity index (χ2n) is 3.47. The molecular weight excluding hydrogens is 222 g/mol. The van der Waals surface area contributed by atoms with E-state index in [1.807, 2.05) is 0 Å². The predicted molar refractivity (Wildman–Crippen MR) is 62.9 cm³/mol. The Morgan fingerprint density at radius 3 is 2.29 bits per heavy atom. The fourth-order valence-corrected chi connectivity index (χ4v) is 1.22. The first kappa shape index (κ1) is 13.0. The quantitative estimate of drug-likeness (QED) is 0.807. The highest BCUT2D eigenvalue weighted by Crippen LogP contribution is 2.15. The van der Waals surface area contributed by atoms with Crippen LogP contribution in [0.2, 0.25) is 0 Å². The van der Waals surface area contributed by atoms with Gasteiger partial charge in [0.1, 0.15) is 5.75 Å². The molecule has 1 unspecified atom stereocenters. The Bertz CT molecular complexity index is 399. The number of methoxy groups -OCH3 is 1. The van der Waals surface area contributed by atoms with E-state index in [9.17, 15) is 9.59 Å². The van der Waals surface area contributed by atoms with Crippen LogP contribution < -0.4 is 10.1 Å². The van der Waals surface area contributed by atoms with Crippen molar-refractivity contribution < 1.29 is 19.1 Å². The molecule has 0 bridgehead atoms. The van der Waals surface area contributed by atoms with Gasteiger partial charge in [0.15, 0.2) is 6.10 Å². The molecule has 92 valence electrons. The van der Waals surface area contributed by atoms with E-state index < -0.39 is 12.1 Å². The number of anilines is 1. The maximum Gasteiger partial charge on any atom is 0.303 e. The van der Waals surface area contributed by atoms with Crippen LogP contribution in [-0.2, 0) is 14.3 Å². The summed E-state index contributed by atoms with van der Waals surface area (Å²) in [6.07, 6.45) is -0.811. The first-order valence-electron chi connectivity index (χ1n) is 5.15. The summed E-state index contributed by atoms with van der Waals surface area (Å²) in [6.45, 7) is 2.78. The number of nitrogens with one attached hydrogen (secondary N) is 1. The van der Waals surface area contributed by atoms with Crippen LogP contribution in [0, 0.1) is 0 Å². The van der Waals surface area contributed by atoms with Crippen molar-refractivity contribution in [1.29, 1.82) is 0 Å². The summed E-state index contributed by atoms with van der Waals surface area (Å²) in [5, 5.41) is 2.63. The summed E-state index contributed by atoms with van der Waals surface area (Å²) in [4.78, 5) is 22.3. The SMILES string of the molecule is COc1ccc(NC(=O)C(C)OC(C)=O)cc1. The lowest BCUT2D eigenvalue weighted by Crippen LogP contribution is -2.29. The van der Waals surface area contributed by atoms with E-state index in [2.05, 4.69) is 5.32 Å². The Hall–Kier alpha value is -2.04. The fraction of sp³-hybridized carbons (Fsp3) is 0.333. The largest absolute Gasteiger partial charge is 0.497 e. The second-order valence-corrected chi connectivity index (χ2v) is 3.47. The minimum Gasteiger partial charge on any atom is -0.497 e. The fourth-order valence-electron chi connectivity index (χ4n) is 1.22. The van der Waals surface area contributed by atoms with Gasteiger partial charge in [-0.1, -0.05) is 0 Å². The Labute approximate surface area is 99.7 Å². The van der Waals surface area contributed by atoms with Crippen LogP contribution in [-0.4, -0.2) is 25.1 Å². The van der Waals surface area contributed by atoms with Crippen molar-refractivity contribution in [1.82, 2.24) is 0 Å². The van der Waals surface area contributed by atoms with E-state index in [1.54, 1.807) is 31.4 Å². The molecular formula is C12H15NO4. The van der Waals surface area contributed by atoms with Crippen LogP contribution in [0.25, 0.3) is 0 Å². The summed E-state index contributed by atoms with van der Waals surface area (Å²) < 4.78 is 9.75. The monoisotopic (exact) mass is 237 g/mol. The predicted octanol–water partition coefficient (Wildman–Crippen LogP) is 1.59. The highest BCUT2D eigenvalue weighted by Gasteiger charge is 2.15. The van der Waals surface area contributed by atoms with E-state index in [4.69, 9.17) is 9.47 Å². The molecule has 1 N–H and O–H groups in total. The van der Waals surface area contributed by atoms with Crippen LogP contribution in [0.15, 0.2) is 24.3 Å². The first-order valence-corrected chi connectivity index (χ1v) is 5.15. The number of hydrogen-bond donors (Lipinski definition) is 1. The van der Waals surface area contributed by atoms with Gasteiger partial charge >= 0.3 is 5.97 Å². The normalized spacial score (nSPS) is 11.5. The van der Waals surface area contributed by atoms with Crippen LogP contribution in [0.1, 0.15) is 13.8 Å². The van der Waals surface area contributed by atoms with Crippen LogP contribution in [0.5, 0.6) is 5.75 Å². The molecule has 1 atom stereocenters. The van der Waals surface area contributed by atoms with Crippen molar-refractivity contribution in [2.24, 2.45) is 0 Å². The molecule has 0 fully saturated rings. The number of benzene rings is 1. The zero-order valence-electron chi connectivity index (χ0n) is 10.0. The number of carbonyl (C=O) groups excluding carboxylic acids is 2. The van der Waals surface area contributed by atoms with Gasteiger partial charge in [0.2, 0.25) is 0 Å². The highest BCUT2D eigenvalue weighted by molar-refractivity contribution is 5.94. The number of hydrogen-bond acceptors (Lipinski definition) is 4. The van der Waals surface area contributed by atoms with Crippen molar-refractivity contribution in [3.8, 4) is 5.75 Å². The summed E-state index contributed by atoms with van der Waals surface area (Å²) in [5.41, 5.74) is 0.620. The lowest BCUT2D eigenvalue weighted by atomic mass is 10.3. The molecule has 0 saturated carbocycles. The van der Waals surface area contributed by atoms with Crippen LogP contribution in [0.4, 0.5) is 5.69 Å². The molecule has 0 heterocycles. The third-order valence-electron chi connectivity index (χ3n) is 2.07. The maximum absolute atomic E-state index is 11.6. The number of esters is 1. The van der Waals surface area contributed by atoms with Gasteiger partial charge in [-0.2, -0.15) is 0 Å². The third-order valence-corrected chi connectivity index (χ3v) is 2.07. The Kier molecular flexibility index (Phi) is 4.51. The molecule has 17 heavy (non-hydrogen) atoms. The summed E-state index contributed by atoms with van der Waals surface area (Å²) in [7, 11) is 1.57. The minimum absolute atomic E-state index is 0.370. The minimum atomic E-state index is -0.811. The molecule has 1 aromatic rings. The molecule has 0 aliphatic rings. The summed E-state index contributed by atoms with van der Waals surface area (Å²) >= 11 is 0. The van der Waals surface area contributed by atoms with Gasteiger partial charge < -0.3 is 14.8 Å². The average Bonchev–Trinajstić information content (AvgIpc) is 2.29. The maximum atomic E-state index is 11.6. The van der Waals surface area contributed by atoms with Crippen molar-refractivity contribution in [2.75, 3.05) is 12.4 Å². The average molecular weight is 237 g/mol. The zero-order valence-corrected chi connectivity index (χ0v) is 10.0. The zero-order chi connectivity index (χ0) is 12.8. The van der Waals surface area contributed by atoms with E-state index >= 15 is 0 Å². The molecule has 0 aliphatic heterocycles. The molecule has 0 radical (unpaired) electrons. The lowest BCUT2D eigenvalue weighted by Gasteiger charge is -2.12. The van der Waals surface area contributed by atoms with E-state index in [1.165, 1.54) is 13.8 Å². The first-order chi connectivity index (χ1) is 8.02. The van der Waals surface area contributed by atoms with E-state index in [0.717, 1.165) is 0 Å². The lowest BCUT2D eigenvalue weighted by molar-refractivity contribution is -0.150. The molecule has 0 aliphatic carbocycles. The van der Waals surface area contributed by atoms with Gasteiger partial charge in [0.05, 0.1) is 7.11 Å². The Morgan fingerprint density at radius 2 is 1.82 bits per heavy atom. The molecule has 1 aromatic carbocycles.